The second-order valence-electron chi connectivity index (χ2n) is 4.37. The molecule has 3 heteroatoms. The average molecular weight is 237 g/mol. The minimum Gasteiger partial charge on any atom is -0.372 e. The Kier molecular flexibility index (Phi) is 4.20. The van der Waals surface area contributed by atoms with E-state index in [9.17, 15) is 0 Å². The quantitative estimate of drug-likeness (QED) is 0.800. The molecule has 0 aliphatic carbocycles. The molecule has 0 saturated heterocycles. The fraction of sp³-hybridized carbons (Fsp3) is 0.462. The van der Waals surface area contributed by atoms with Crippen molar-refractivity contribution < 1.29 is 0 Å². The molecular weight excluding hydrogens is 220 g/mol. The Hall–Kier alpha value is -1.20. The molecule has 0 radical (unpaired) electrons. The minimum absolute atomic E-state index is 0.434. The van der Waals surface area contributed by atoms with E-state index in [-0.39, 0.29) is 0 Å². The Balaban J connectivity index is 2.98. The Bertz CT molecular complexity index is 407. The van der Waals surface area contributed by atoms with Crippen molar-refractivity contribution in [3.63, 3.8) is 0 Å². The van der Waals surface area contributed by atoms with Crippen LogP contribution in [-0.2, 0) is 0 Å². The highest BCUT2D eigenvalue weighted by molar-refractivity contribution is 6.32. The zero-order valence-corrected chi connectivity index (χ0v) is 10.9. The van der Waals surface area contributed by atoms with Crippen LogP contribution in [0.4, 0.5) is 5.69 Å². The maximum atomic E-state index is 8.80. The zero-order valence-electron chi connectivity index (χ0n) is 10.2. The first-order valence-electron chi connectivity index (χ1n) is 5.40. The summed E-state index contributed by atoms with van der Waals surface area (Å²) in [6.07, 6.45) is 0. The second kappa shape index (κ2) is 5.23. The summed E-state index contributed by atoms with van der Waals surface area (Å²) in [6, 6.07) is 8.04. The summed E-state index contributed by atoms with van der Waals surface area (Å²) in [4.78, 5) is 2.18. The highest BCUT2D eigenvalue weighted by Crippen LogP contribution is 2.25. The smallest absolute Gasteiger partial charge is 0.101 e. The molecule has 0 saturated carbocycles. The molecule has 0 aliphatic rings. The van der Waals surface area contributed by atoms with Crippen LogP contribution in [0.2, 0.25) is 5.02 Å². The lowest BCUT2D eigenvalue weighted by Gasteiger charge is -2.30. The molecule has 0 amide bonds. The molecule has 1 aromatic rings. The largest absolute Gasteiger partial charge is 0.372 e. The van der Waals surface area contributed by atoms with Crippen LogP contribution in [0.15, 0.2) is 18.2 Å². The van der Waals surface area contributed by atoms with Crippen molar-refractivity contribution in [1.82, 2.24) is 0 Å². The average Bonchev–Trinajstić information content (AvgIpc) is 2.26. The number of rotatable bonds is 3. The van der Waals surface area contributed by atoms with Gasteiger partial charge in [0.05, 0.1) is 10.6 Å². The number of nitrogens with zero attached hydrogens (tertiary/aromatic N) is 2. The number of nitriles is 1. The summed E-state index contributed by atoms with van der Waals surface area (Å²) >= 11 is 6.01. The number of anilines is 1. The monoisotopic (exact) mass is 236 g/mol. The number of hydrogen-bond donors (Lipinski definition) is 0. The second-order valence-corrected chi connectivity index (χ2v) is 4.78. The van der Waals surface area contributed by atoms with Gasteiger partial charge < -0.3 is 4.90 Å². The van der Waals surface area contributed by atoms with E-state index in [0.29, 0.717) is 22.5 Å². The molecule has 0 bridgehead atoms. The van der Waals surface area contributed by atoms with Crippen LogP contribution >= 0.6 is 11.6 Å². The van der Waals surface area contributed by atoms with Gasteiger partial charge >= 0.3 is 0 Å². The molecule has 16 heavy (non-hydrogen) atoms. The third kappa shape index (κ3) is 2.68. The summed E-state index contributed by atoms with van der Waals surface area (Å²) in [5, 5.41) is 9.31. The zero-order chi connectivity index (χ0) is 12.3. The molecule has 0 N–H and O–H groups in total. The Morgan fingerprint density at radius 2 is 1.94 bits per heavy atom. The van der Waals surface area contributed by atoms with Crippen molar-refractivity contribution in [3.8, 4) is 6.07 Å². The maximum Gasteiger partial charge on any atom is 0.101 e. The van der Waals surface area contributed by atoms with Gasteiger partial charge in [-0.1, -0.05) is 25.4 Å². The van der Waals surface area contributed by atoms with Gasteiger partial charge in [-0.25, -0.2) is 0 Å². The summed E-state index contributed by atoms with van der Waals surface area (Å²) in [5.74, 6) is 0.569. The molecule has 0 fully saturated rings. The Morgan fingerprint density at radius 1 is 1.31 bits per heavy atom. The third-order valence-electron chi connectivity index (χ3n) is 3.06. The molecule has 0 aromatic heterocycles. The lowest BCUT2D eigenvalue weighted by Crippen LogP contribution is -2.33. The summed E-state index contributed by atoms with van der Waals surface area (Å²) in [6.45, 7) is 6.55. The van der Waals surface area contributed by atoms with E-state index in [1.807, 2.05) is 19.2 Å². The lowest BCUT2D eigenvalue weighted by molar-refractivity contribution is 0.505. The highest BCUT2D eigenvalue weighted by Gasteiger charge is 2.14. The molecule has 1 aromatic carbocycles. The molecule has 86 valence electrons. The van der Waals surface area contributed by atoms with Gasteiger partial charge in [0, 0.05) is 18.8 Å². The van der Waals surface area contributed by atoms with Crippen LogP contribution in [-0.4, -0.2) is 13.1 Å². The van der Waals surface area contributed by atoms with Gasteiger partial charge in [-0.05, 0) is 31.0 Å². The first kappa shape index (κ1) is 12.9. The van der Waals surface area contributed by atoms with E-state index in [2.05, 4.69) is 31.7 Å². The van der Waals surface area contributed by atoms with Crippen molar-refractivity contribution in [2.45, 2.75) is 26.8 Å². The minimum atomic E-state index is 0.434. The topological polar surface area (TPSA) is 27.0 Å². The number of halogens is 1. The van der Waals surface area contributed by atoms with Crippen molar-refractivity contribution in [1.29, 1.82) is 5.26 Å². The van der Waals surface area contributed by atoms with E-state index < -0.39 is 0 Å². The van der Waals surface area contributed by atoms with Crippen LogP contribution in [0.5, 0.6) is 0 Å². The van der Waals surface area contributed by atoms with Gasteiger partial charge in [-0.2, -0.15) is 5.26 Å². The van der Waals surface area contributed by atoms with Crippen molar-refractivity contribution in [2.75, 3.05) is 11.9 Å². The van der Waals surface area contributed by atoms with Crippen molar-refractivity contribution in [3.05, 3.63) is 28.8 Å². The molecule has 0 heterocycles. The van der Waals surface area contributed by atoms with Crippen LogP contribution in [0.1, 0.15) is 26.3 Å². The van der Waals surface area contributed by atoms with Gasteiger partial charge in [-0.15, -0.1) is 0 Å². The summed E-state index contributed by atoms with van der Waals surface area (Å²) in [7, 11) is 2.04. The standard InChI is InChI=1S/C13H17ClN2/c1-9(2)10(3)16(4)12-6-5-11(8-15)13(14)7-12/h5-7,9-10H,1-4H3. The van der Waals surface area contributed by atoms with E-state index in [1.54, 1.807) is 6.07 Å². The van der Waals surface area contributed by atoms with Crippen LogP contribution in [0.25, 0.3) is 0 Å². The van der Waals surface area contributed by atoms with E-state index in [4.69, 9.17) is 16.9 Å². The highest BCUT2D eigenvalue weighted by atomic mass is 35.5. The molecule has 1 atom stereocenters. The summed E-state index contributed by atoms with van der Waals surface area (Å²) < 4.78 is 0. The van der Waals surface area contributed by atoms with E-state index in [1.165, 1.54) is 0 Å². The number of hydrogen-bond acceptors (Lipinski definition) is 2. The fourth-order valence-electron chi connectivity index (χ4n) is 1.50. The van der Waals surface area contributed by atoms with Crippen molar-refractivity contribution in [2.24, 2.45) is 5.92 Å². The first-order valence-corrected chi connectivity index (χ1v) is 5.77. The van der Waals surface area contributed by atoms with E-state index in [0.717, 1.165) is 5.69 Å². The van der Waals surface area contributed by atoms with Gasteiger partial charge in [0.2, 0.25) is 0 Å². The predicted octanol–water partition coefficient (Wildman–Crippen LogP) is 3.69. The Morgan fingerprint density at radius 3 is 2.38 bits per heavy atom. The van der Waals surface area contributed by atoms with Gasteiger partial charge in [0.1, 0.15) is 6.07 Å². The predicted molar refractivity (Wildman–Crippen MR) is 68.9 cm³/mol. The van der Waals surface area contributed by atoms with Crippen LogP contribution in [0, 0.1) is 17.2 Å². The van der Waals surface area contributed by atoms with Crippen molar-refractivity contribution >= 4 is 17.3 Å². The van der Waals surface area contributed by atoms with Crippen LogP contribution < -0.4 is 4.90 Å². The Labute approximate surface area is 102 Å². The molecular formula is C13H17ClN2. The maximum absolute atomic E-state index is 8.80. The molecule has 0 aliphatic heterocycles. The molecule has 1 rings (SSSR count). The molecule has 1 unspecified atom stereocenters. The fourth-order valence-corrected chi connectivity index (χ4v) is 1.71. The van der Waals surface area contributed by atoms with Gasteiger partial charge in [0.15, 0.2) is 0 Å². The number of benzene rings is 1. The normalized spacial score (nSPS) is 12.3. The molecule has 0 spiro atoms. The first-order chi connectivity index (χ1) is 7.47. The van der Waals surface area contributed by atoms with E-state index >= 15 is 0 Å². The van der Waals surface area contributed by atoms with Gasteiger partial charge in [0.25, 0.3) is 0 Å². The van der Waals surface area contributed by atoms with Gasteiger partial charge in [-0.3, -0.25) is 0 Å². The van der Waals surface area contributed by atoms with Crippen LogP contribution in [0.3, 0.4) is 0 Å². The SMILES string of the molecule is CC(C)C(C)N(C)c1ccc(C#N)c(Cl)c1. The molecule has 2 nitrogen and oxygen atoms in total. The summed E-state index contributed by atoms with van der Waals surface area (Å²) in [5.41, 5.74) is 1.57. The lowest BCUT2D eigenvalue weighted by atomic mass is 10.0. The third-order valence-corrected chi connectivity index (χ3v) is 3.37.